The molecular weight excluding hydrogens is 598 g/mol. The van der Waals surface area contributed by atoms with Crippen LogP contribution in [0.15, 0.2) is 42.9 Å². The SMILES string of the molecule is COc1ccc(CNc2nc(N3CCN(c4ccnc(N(C)C)n4)CC3)nc(OC)c2C(=O)NCc2cnc(C)cn2)cc1Cl. The standard InChI is InChI=1S/C30H36ClN11O3/c1-19-15-34-21(17-33-19)18-36-27(43)25-26(35-16-20-6-7-23(44-4)22(31)14-20)38-30(39-28(25)45-5)42-12-10-41(11-13-42)24-8-9-32-29(37-24)40(2)3/h6-9,14-15,17H,10-13,16,18H2,1-5H3,(H,36,43)(H,35,38,39). The zero-order valence-corrected chi connectivity index (χ0v) is 26.7. The molecule has 4 aromatic rings. The summed E-state index contributed by atoms with van der Waals surface area (Å²) < 4.78 is 10.9. The third kappa shape index (κ3) is 7.58. The van der Waals surface area contributed by atoms with Gasteiger partial charge in [-0.2, -0.15) is 15.0 Å². The van der Waals surface area contributed by atoms with Crippen LogP contribution >= 0.6 is 11.6 Å². The van der Waals surface area contributed by atoms with E-state index in [1.165, 1.54) is 7.11 Å². The summed E-state index contributed by atoms with van der Waals surface area (Å²) in [4.78, 5) is 46.8. The minimum Gasteiger partial charge on any atom is -0.495 e. The minimum absolute atomic E-state index is 0.150. The molecule has 1 aliphatic rings. The molecule has 14 nitrogen and oxygen atoms in total. The van der Waals surface area contributed by atoms with Crippen LogP contribution in [0.5, 0.6) is 11.6 Å². The van der Waals surface area contributed by atoms with Gasteiger partial charge in [-0.15, -0.1) is 0 Å². The maximum atomic E-state index is 13.6. The highest BCUT2D eigenvalue weighted by atomic mass is 35.5. The van der Waals surface area contributed by atoms with Crippen molar-refractivity contribution in [2.75, 3.05) is 74.5 Å². The summed E-state index contributed by atoms with van der Waals surface area (Å²) in [6, 6.07) is 7.39. The molecule has 0 saturated carbocycles. The van der Waals surface area contributed by atoms with Gasteiger partial charge < -0.3 is 34.8 Å². The Balaban J connectivity index is 1.39. The molecule has 1 aromatic carbocycles. The number of amides is 1. The number of aryl methyl sites for hydroxylation is 1. The van der Waals surface area contributed by atoms with Gasteiger partial charge in [-0.1, -0.05) is 17.7 Å². The molecule has 15 heteroatoms. The first-order chi connectivity index (χ1) is 21.7. The van der Waals surface area contributed by atoms with Crippen molar-refractivity contribution in [2.45, 2.75) is 20.0 Å². The zero-order valence-electron chi connectivity index (χ0n) is 25.9. The van der Waals surface area contributed by atoms with E-state index in [1.807, 2.05) is 38.1 Å². The maximum Gasteiger partial charge on any atom is 0.260 e. The number of hydrogen-bond acceptors (Lipinski definition) is 13. The van der Waals surface area contributed by atoms with Crippen molar-refractivity contribution < 1.29 is 14.3 Å². The molecule has 0 aliphatic carbocycles. The van der Waals surface area contributed by atoms with Gasteiger partial charge >= 0.3 is 0 Å². The quantitative estimate of drug-likeness (QED) is 0.250. The summed E-state index contributed by atoms with van der Waals surface area (Å²) >= 11 is 6.36. The predicted octanol–water partition coefficient (Wildman–Crippen LogP) is 2.97. The molecule has 1 aliphatic heterocycles. The van der Waals surface area contributed by atoms with Gasteiger partial charge in [0.15, 0.2) is 0 Å². The van der Waals surface area contributed by atoms with Crippen molar-refractivity contribution in [1.29, 1.82) is 0 Å². The maximum absolute atomic E-state index is 13.6. The van der Waals surface area contributed by atoms with Gasteiger partial charge in [0.05, 0.1) is 43.4 Å². The molecule has 0 spiro atoms. The summed E-state index contributed by atoms with van der Waals surface area (Å²) in [5, 5.41) is 6.68. The van der Waals surface area contributed by atoms with Gasteiger partial charge in [0.1, 0.15) is 22.9 Å². The number of anilines is 4. The van der Waals surface area contributed by atoms with Crippen molar-refractivity contribution in [1.82, 2.24) is 35.2 Å². The number of carbonyl (C=O) groups excluding carboxylic acids is 1. The van der Waals surface area contributed by atoms with Crippen molar-refractivity contribution in [2.24, 2.45) is 0 Å². The van der Waals surface area contributed by atoms with Crippen LogP contribution < -0.4 is 34.8 Å². The predicted molar refractivity (Wildman–Crippen MR) is 173 cm³/mol. The fourth-order valence-corrected chi connectivity index (χ4v) is 4.97. The molecule has 0 unspecified atom stereocenters. The highest BCUT2D eigenvalue weighted by molar-refractivity contribution is 6.32. The Kier molecular flexibility index (Phi) is 9.92. The van der Waals surface area contributed by atoms with Crippen LogP contribution in [-0.4, -0.2) is 90.3 Å². The highest BCUT2D eigenvalue weighted by Crippen LogP contribution is 2.29. The van der Waals surface area contributed by atoms with E-state index in [0.717, 1.165) is 17.1 Å². The molecule has 1 saturated heterocycles. The number of methoxy groups -OCH3 is 2. The third-order valence-corrected chi connectivity index (χ3v) is 7.44. The van der Waals surface area contributed by atoms with Crippen LogP contribution in [0.25, 0.3) is 0 Å². The third-order valence-electron chi connectivity index (χ3n) is 7.14. The van der Waals surface area contributed by atoms with E-state index >= 15 is 0 Å². The Morgan fingerprint density at radius 3 is 2.40 bits per heavy atom. The molecule has 2 N–H and O–H groups in total. The number of hydrogen-bond donors (Lipinski definition) is 2. The van der Waals surface area contributed by atoms with Gasteiger partial charge in [-0.05, 0) is 30.7 Å². The second kappa shape index (κ2) is 14.2. The van der Waals surface area contributed by atoms with E-state index in [-0.39, 0.29) is 18.0 Å². The number of piperazine rings is 1. The molecule has 0 bridgehead atoms. The number of aromatic nitrogens is 6. The molecule has 1 fully saturated rings. The summed E-state index contributed by atoms with van der Waals surface area (Å²) in [5.41, 5.74) is 2.46. The van der Waals surface area contributed by atoms with Crippen LogP contribution in [0, 0.1) is 6.92 Å². The number of rotatable bonds is 11. The number of benzene rings is 1. The summed E-state index contributed by atoms with van der Waals surface area (Å²) in [5.74, 6) is 2.59. The summed E-state index contributed by atoms with van der Waals surface area (Å²) in [7, 11) is 6.88. The van der Waals surface area contributed by atoms with Gasteiger partial charge in [-0.3, -0.25) is 14.8 Å². The molecule has 0 radical (unpaired) electrons. The van der Waals surface area contributed by atoms with E-state index in [2.05, 4.69) is 45.4 Å². The average Bonchev–Trinajstić information content (AvgIpc) is 3.06. The Labute approximate surface area is 266 Å². The van der Waals surface area contributed by atoms with Crippen molar-refractivity contribution in [3.8, 4) is 11.6 Å². The Hall–Kier alpha value is -4.98. The van der Waals surface area contributed by atoms with E-state index in [1.54, 1.807) is 37.8 Å². The molecule has 1 amide bonds. The topological polar surface area (TPSA) is 147 Å². The van der Waals surface area contributed by atoms with Crippen LogP contribution in [-0.2, 0) is 13.1 Å². The van der Waals surface area contributed by atoms with Gasteiger partial charge in [0, 0.05) is 59.2 Å². The first-order valence-corrected chi connectivity index (χ1v) is 14.7. The Morgan fingerprint density at radius 2 is 1.73 bits per heavy atom. The molecule has 45 heavy (non-hydrogen) atoms. The van der Waals surface area contributed by atoms with E-state index in [0.29, 0.717) is 66.9 Å². The highest BCUT2D eigenvalue weighted by Gasteiger charge is 2.27. The average molecular weight is 634 g/mol. The number of ether oxygens (including phenoxy) is 2. The van der Waals surface area contributed by atoms with Gasteiger partial charge in [-0.25, -0.2) is 4.98 Å². The van der Waals surface area contributed by atoms with Crippen molar-refractivity contribution in [3.63, 3.8) is 0 Å². The Bertz CT molecular complexity index is 1630. The fourth-order valence-electron chi connectivity index (χ4n) is 4.69. The lowest BCUT2D eigenvalue weighted by Crippen LogP contribution is -2.47. The van der Waals surface area contributed by atoms with Crippen LogP contribution in [0.1, 0.15) is 27.3 Å². The number of nitrogens with one attached hydrogen (secondary N) is 2. The molecule has 4 heterocycles. The van der Waals surface area contributed by atoms with E-state index in [4.69, 9.17) is 26.1 Å². The fraction of sp³-hybridized carbons (Fsp3) is 0.367. The van der Waals surface area contributed by atoms with E-state index < -0.39 is 5.91 Å². The normalized spacial score (nSPS) is 12.9. The lowest BCUT2D eigenvalue weighted by atomic mass is 10.2. The minimum atomic E-state index is -0.415. The molecular formula is C30H36ClN11O3. The smallest absolute Gasteiger partial charge is 0.260 e. The lowest BCUT2D eigenvalue weighted by molar-refractivity contribution is 0.0947. The second-order valence-corrected chi connectivity index (χ2v) is 10.9. The second-order valence-electron chi connectivity index (χ2n) is 10.5. The van der Waals surface area contributed by atoms with E-state index in [9.17, 15) is 4.79 Å². The van der Waals surface area contributed by atoms with Crippen LogP contribution in [0.4, 0.5) is 23.5 Å². The molecule has 0 atom stereocenters. The lowest BCUT2D eigenvalue weighted by Gasteiger charge is -2.35. The van der Waals surface area contributed by atoms with Gasteiger partial charge in [0.25, 0.3) is 5.91 Å². The summed E-state index contributed by atoms with van der Waals surface area (Å²) in [6.45, 7) is 5.02. The van der Waals surface area contributed by atoms with Crippen LogP contribution in [0.2, 0.25) is 5.02 Å². The molecule has 5 rings (SSSR count). The van der Waals surface area contributed by atoms with Gasteiger partial charge in [0.2, 0.25) is 17.8 Å². The number of nitrogens with zero attached hydrogens (tertiary/aromatic N) is 9. The number of halogens is 1. The largest absolute Gasteiger partial charge is 0.495 e. The summed E-state index contributed by atoms with van der Waals surface area (Å²) in [6.07, 6.45) is 5.04. The molecule has 3 aromatic heterocycles. The van der Waals surface area contributed by atoms with Crippen molar-refractivity contribution in [3.05, 3.63) is 70.4 Å². The first kappa shape index (κ1) is 31.4. The zero-order chi connectivity index (χ0) is 31.9. The Morgan fingerprint density at radius 1 is 0.956 bits per heavy atom. The molecule has 236 valence electrons. The first-order valence-electron chi connectivity index (χ1n) is 14.3. The number of carbonyl (C=O) groups is 1. The monoisotopic (exact) mass is 633 g/mol. The van der Waals surface area contributed by atoms with Crippen molar-refractivity contribution >= 4 is 41.0 Å². The van der Waals surface area contributed by atoms with Crippen LogP contribution in [0.3, 0.4) is 0 Å².